The number of hydrogen-bond acceptors (Lipinski definition) is 2. The third kappa shape index (κ3) is 4.43. The topological polar surface area (TPSA) is 15.3 Å². The molecule has 0 bridgehead atoms. The summed E-state index contributed by atoms with van der Waals surface area (Å²) in [6, 6.07) is 10.8. The summed E-state index contributed by atoms with van der Waals surface area (Å²) >= 11 is 0. The van der Waals surface area contributed by atoms with Gasteiger partial charge in [0.15, 0.2) is 0 Å². The minimum atomic E-state index is 0.658. The van der Waals surface area contributed by atoms with E-state index in [4.69, 9.17) is 0 Å². The molecular formula is C16H26N2. The summed E-state index contributed by atoms with van der Waals surface area (Å²) in [5.41, 5.74) is 1.46. The van der Waals surface area contributed by atoms with Gasteiger partial charge in [0.1, 0.15) is 0 Å². The van der Waals surface area contributed by atoms with E-state index in [1.54, 1.807) is 0 Å². The number of nitrogens with zero attached hydrogens (tertiary/aromatic N) is 1. The predicted octanol–water partition coefficient (Wildman–Crippen LogP) is 2.87. The van der Waals surface area contributed by atoms with Crippen molar-refractivity contribution in [2.24, 2.45) is 0 Å². The van der Waals surface area contributed by atoms with Crippen LogP contribution in [-0.4, -0.2) is 37.6 Å². The zero-order chi connectivity index (χ0) is 12.6. The fourth-order valence-corrected chi connectivity index (χ4v) is 2.64. The van der Waals surface area contributed by atoms with E-state index in [0.717, 1.165) is 13.1 Å². The van der Waals surface area contributed by atoms with Gasteiger partial charge in [-0.1, -0.05) is 37.3 Å². The van der Waals surface area contributed by atoms with E-state index in [9.17, 15) is 0 Å². The van der Waals surface area contributed by atoms with Crippen molar-refractivity contribution in [3.8, 4) is 0 Å². The van der Waals surface area contributed by atoms with E-state index in [0.29, 0.717) is 5.92 Å². The molecule has 1 aromatic carbocycles. The van der Waals surface area contributed by atoms with Crippen LogP contribution in [0.25, 0.3) is 0 Å². The van der Waals surface area contributed by atoms with Gasteiger partial charge in [0.05, 0.1) is 0 Å². The SMILES string of the molecule is CC(CCNCCN1CCCC1)c1ccccc1. The summed E-state index contributed by atoms with van der Waals surface area (Å²) in [6.45, 7) is 8.42. The second-order valence-corrected chi connectivity index (χ2v) is 5.40. The van der Waals surface area contributed by atoms with Crippen molar-refractivity contribution >= 4 is 0 Å². The Morgan fingerprint density at radius 2 is 1.83 bits per heavy atom. The smallest absolute Gasteiger partial charge is 0.0107 e. The van der Waals surface area contributed by atoms with Crippen LogP contribution in [0.1, 0.15) is 37.7 Å². The highest BCUT2D eigenvalue weighted by atomic mass is 15.1. The van der Waals surface area contributed by atoms with Crippen molar-refractivity contribution in [2.75, 3.05) is 32.7 Å². The van der Waals surface area contributed by atoms with Gasteiger partial charge in [-0.25, -0.2) is 0 Å². The van der Waals surface area contributed by atoms with Crippen molar-refractivity contribution in [1.29, 1.82) is 0 Å². The minimum absolute atomic E-state index is 0.658. The van der Waals surface area contributed by atoms with Crippen molar-refractivity contribution in [1.82, 2.24) is 10.2 Å². The predicted molar refractivity (Wildman–Crippen MR) is 78.0 cm³/mol. The molecule has 100 valence electrons. The summed E-state index contributed by atoms with van der Waals surface area (Å²) in [5.74, 6) is 0.658. The molecule has 0 aromatic heterocycles. The molecule has 18 heavy (non-hydrogen) atoms. The first-order chi connectivity index (χ1) is 8.86. The maximum absolute atomic E-state index is 3.57. The van der Waals surface area contributed by atoms with Gasteiger partial charge in [0.2, 0.25) is 0 Å². The Hall–Kier alpha value is -0.860. The molecule has 1 aliphatic rings. The molecule has 1 saturated heterocycles. The van der Waals surface area contributed by atoms with Gasteiger partial charge in [-0.15, -0.1) is 0 Å². The van der Waals surface area contributed by atoms with E-state index >= 15 is 0 Å². The monoisotopic (exact) mass is 246 g/mol. The fraction of sp³-hybridized carbons (Fsp3) is 0.625. The summed E-state index contributed by atoms with van der Waals surface area (Å²) in [5, 5.41) is 3.57. The molecule has 1 N–H and O–H groups in total. The lowest BCUT2D eigenvalue weighted by atomic mass is 9.98. The zero-order valence-corrected chi connectivity index (χ0v) is 11.6. The normalized spacial score (nSPS) is 18.1. The minimum Gasteiger partial charge on any atom is -0.315 e. The number of rotatable bonds is 7. The second-order valence-electron chi connectivity index (χ2n) is 5.40. The Kier molecular flexibility index (Phi) is 5.69. The molecule has 1 heterocycles. The lowest BCUT2D eigenvalue weighted by Crippen LogP contribution is -2.30. The lowest BCUT2D eigenvalue weighted by Gasteiger charge is -2.16. The third-order valence-electron chi connectivity index (χ3n) is 3.93. The third-order valence-corrected chi connectivity index (χ3v) is 3.93. The highest BCUT2D eigenvalue weighted by Crippen LogP contribution is 2.17. The Labute approximate surface area is 111 Å². The molecule has 1 atom stereocenters. The van der Waals surface area contributed by atoms with Crippen LogP contribution in [-0.2, 0) is 0 Å². The van der Waals surface area contributed by atoms with Gasteiger partial charge in [-0.2, -0.15) is 0 Å². The molecule has 1 fully saturated rings. The van der Waals surface area contributed by atoms with E-state index in [1.165, 1.54) is 44.5 Å². The molecule has 1 aromatic rings. The van der Waals surface area contributed by atoms with Gasteiger partial charge >= 0.3 is 0 Å². The van der Waals surface area contributed by atoms with Gasteiger partial charge < -0.3 is 10.2 Å². The van der Waals surface area contributed by atoms with Crippen LogP contribution in [0.4, 0.5) is 0 Å². The van der Waals surface area contributed by atoms with Crippen LogP contribution >= 0.6 is 0 Å². The number of hydrogen-bond donors (Lipinski definition) is 1. The molecule has 0 amide bonds. The van der Waals surface area contributed by atoms with Crippen molar-refractivity contribution < 1.29 is 0 Å². The average Bonchev–Trinajstić information content (AvgIpc) is 2.92. The summed E-state index contributed by atoms with van der Waals surface area (Å²) in [7, 11) is 0. The van der Waals surface area contributed by atoms with Crippen molar-refractivity contribution in [2.45, 2.75) is 32.1 Å². The first-order valence-corrected chi connectivity index (χ1v) is 7.34. The maximum Gasteiger partial charge on any atom is 0.0107 e. The highest BCUT2D eigenvalue weighted by Gasteiger charge is 2.10. The molecule has 1 aliphatic heterocycles. The lowest BCUT2D eigenvalue weighted by molar-refractivity contribution is 0.335. The highest BCUT2D eigenvalue weighted by molar-refractivity contribution is 5.18. The van der Waals surface area contributed by atoms with Crippen molar-refractivity contribution in [3.05, 3.63) is 35.9 Å². The Morgan fingerprint density at radius 3 is 2.56 bits per heavy atom. The Bertz CT molecular complexity index is 317. The molecule has 0 spiro atoms. The van der Waals surface area contributed by atoms with Gasteiger partial charge in [0.25, 0.3) is 0 Å². The van der Waals surface area contributed by atoms with Crippen LogP contribution in [0.5, 0.6) is 0 Å². The Balaban J connectivity index is 1.55. The first kappa shape index (κ1) is 13.6. The summed E-state index contributed by atoms with van der Waals surface area (Å²) in [4.78, 5) is 2.56. The second kappa shape index (κ2) is 7.55. The maximum atomic E-state index is 3.57. The average molecular weight is 246 g/mol. The number of likely N-dealkylation sites (tertiary alicyclic amines) is 1. The quantitative estimate of drug-likeness (QED) is 0.744. The molecule has 2 rings (SSSR count). The van der Waals surface area contributed by atoms with Crippen LogP contribution in [0, 0.1) is 0 Å². The molecular weight excluding hydrogens is 220 g/mol. The molecule has 1 unspecified atom stereocenters. The Morgan fingerprint density at radius 1 is 1.11 bits per heavy atom. The summed E-state index contributed by atoms with van der Waals surface area (Å²) < 4.78 is 0. The van der Waals surface area contributed by atoms with Crippen LogP contribution in [0.15, 0.2) is 30.3 Å². The van der Waals surface area contributed by atoms with Gasteiger partial charge in [-0.05, 0) is 50.4 Å². The van der Waals surface area contributed by atoms with E-state index < -0.39 is 0 Å². The molecule has 2 nitrogen and oxygen atoms in total. The number of benzene rings is 1. The van der Waals surface area contributed by atoms with E-state index in [2.05, 4.69) is 47.5 Å². The van der Waals surface area contributed by atoms with Crippen LogP contribution in [0.2, 0.25) is 0 Å². The molecule has 0 saturated carbocycles. The zero-order valence-electron chi connectivity index (χ0n) is 11.6. The molecule has 2 heteroatoms. The molecule has 0 aliphatic carbocycles. The van der Waals surface area contributed by atoms with Crippen LogP contribution in [0.3, 0.4) is 0 Å². The van der Waals surface area contributed by atoms with Crippen LogP contribution < -0.4 is 5.32 Å². The largest absolute Gasteiger partial charge is 0.315 e. The number of nitrogens with one attached hydrogen (secondary N) is 1. The summed E-state index contributed by atoms with van der Waals surface area (Å²) in [6.07, 6.45) is 4.01. The van der Waals surface area contributed by atoms with Crippen molar-refractivity contribution in [3.63, 3.8) is 0 Å². The fourth-order valence-electron chi connectivity index (χ4n) is 2.64. The molecule has 0 radical (unpaired) electrons. The van der Waals surface area contributed by atoms with E-state index in [-0.39, 0.29) is 0 Å². The first-order valence-electron chi connectivity index (χ1n) is 7.34. The van der Waals surface area contributed by atoms with E-state index in [1.807, 2.05) is 0 Å². The standard InChI is InChI=1S/C16H26N2/c1-15(16-7-3-2-4-8-16)9-10-17-11-14-18-12-5-6-13-18/h2-4,7-8,15,17H,5-6,9-14H2,1H3. The van der Waals surface area contributed by atoms with Gasteiger partial charge in [-0.3, -0.25) is 0 Å². The van der Waals surface area contributed by atoms with Gasteiger partial charge in [0, 0.05) is 13.1 Å².